The number of likely N-dealkylation sites (tertiary alicyclic amines) is 1. The second-order valence-electron chi connectivity index (χ2n) is 6.12. The van der Waals surface area contributed by atoms with Gasteiger partial charge in [-0.2, -0.15) is 0 Å². The summed E-state index contributed by atoms with van der Waals surface area (Å²) in [7, 11) is 0. The smallest absolute Gasteiger partial charge is 0.314 e. The summed E-state index contributed by atoms with van der Waals surface area (Å²) in [6, 6.07) is 3.77. The Kier molecular flexibility index (Phi) is 6.72. The number of guanidine groups is 1. The predicted molar refractivity (Wildman–Crippen MR) is 94.8 cm³/mol. The molecule has 24 heavy (non-hydrogen) atoms. The minimum absolute atomic E-state index is 0.278. The first-order valence-electron chi connectivity index (χ1n) is 8.30. The largest absolute Gasteiger partial charge is 0.469 e. The average Bonchev–Trinajstić information content (AvgIpc) is 3.06. The van der Waals surface area contributed by atoms with E-state index in [-0.39, 0.29) is 12.1 Å². The van der Waals surface area contributed by atoms with Gasteiger partial charge in [-0.1, -0.05) is 12.2 Å². The molecule has 0 radical (unpaired) electrons. The minimum Gasteiger partial charge on any atom is -0.469 e. The van der Waals surface area contributed by atoms with Crippen LogP contribution in [-0.2, 0) is 6.42 Å². The summed E-state index contributed by atoms with van der Waals surface area (Å²) in [5, 5.41) is 6.77. The van der Waals surface area contributed by atoms with E-state index in [1.54, 1.807) is 11.2 Å². The van der Waals surface area contributed by atoms with Crippen LogP contribution in [0.25, 0.3) is 0 Å². The van der Waals surface area contributed by atoms with Crippen molar-refractivity contribution in [2.24, 2.45) is 10.7 Å². The Morgan fingerprint density at radius 1 is 1.50 bits per heavy atom. The van der Waals surface area contributed by atoms with E-state index in [4.69, 9.17) is 10.2 Å². The molecule has 0 atom stereocenters. The number of amides is 2. The number of rotatable bonds is 6. The molecule has 2 rings (SSSR count). The molecular formula is C17H27N5O2. The molecule has 1 aliphatic rings. The van der Waals surface area contributed by atoms with Crippen molar-refractivity contribution < 1.29 is 9.21 Å². The third-order valence-corrected chi connectivity index (χ3v) is 3.90. The van der Waals surface area contributed by atoms with Crippen molar-refractivity contribution in [3.05, 3.63) is 36.3 Å². The van der Waals surface area contributed by atoms with Crippen molar-refractivity contribution in [3.63, 3.8) is 0 Å². The van der Waals surface area contributed by atoms with Crippen LogP contribution in [-0.4, -0.2) is 49.1 Å². The highest BCUT2D eigenvalue weighted by molar-refractivity contribution is 5.80. The molecule has 2 amide bonds. The van der Waals surface area contributed by atoms with Gasteiger partial charge in [0.25, 0.3) is 0 Å². The molecule has 1 fully saturated rings. The summed E-state index contributed by atoms with van der Waals surface area (Å²) >= 11 is 0. The summed E-state index contributed by atoms with van der Waals surface area (Å²) in [6.45, 7) is 8.50. The first-order chi connectivity index (χ1) is 11.5. The van der Waals surface area contributed by atoms with Crippen LogP contribution < -0.4 is 16.4 Å². The van der Waals surface area contributed by atoms with Crippen LogP contribution in [0.3, 0.4) is 0 Å². The highest BCUT2D eigenvalue weighted by atomic mass is 16.3. The quantitative estimate of drug-likeness (QED) is 0.417. The van der Waals surface area contributed by atoms with Crippen LogP contribution in [0.15, 0.2) is 40.0 Å². The molecule has 0 aromatic carbocycles. The number of aliphatic imine (C=N–C) groups is 1. The highest BCUT2D eigenvalue weighted by Gasteiger charge is 2.21. The Labute approximate surface area is 143 Å². The Hall–Kier alpha value is -2.44. The fourth-order valence-electron chi connectivity index (χ4n) is 2.56. The third kappa shape index (κ3) is 5.98. The Balaban J connectivity index is 1.83. The molecule has 132 valence electrons. The minimum atomic E-state index is -0.346. The molecule has 1 aliphatic heterocycles. The van der Waals surface area contributed by atoms with Crippen molar-refractivity contribution in [1.82, 2.24) is 15.5 Å². The van der Waals surface area contributed by atoms with Gasteiger partial charge < -0.3 is 25.7 Å². The van der Waals surface area contributed by atoms with E-state index in [1.807, 2.05) is 19.1 Å². The number of furan rings is 1. The molecule has 1 saturated heterocycles. The van der Waals surface area contributed by atoms with Crippen molar-refractivity contribution in [1.29, 1.82) is 0 Å². The maximum atomic E-state index is 11.2. The van der Waals surface area contributed by atoms with Crippen molar-refractivity contribution in [2.75, 3.05) is 26.2 Å². The van der Waals surface area contributed by atoms with Gasteiger partial charge in [0.2, 0.25) is 0 Å². The number of urea groups is 1. The monoisotopic (exact) mass is 333 g/mol. The van der Waals surface area contributed by atoms with Gasteiger partial charge in [-0.25, -0.2) is 9.79 Å². The van der Waals surface area contributed by atoms with Crippen LogP contribution in [0.2, 0.25) is 0 Å². The maximum Gasteiger partial charge on any atom is 0.314 e. The van der Waals surface area contributed by atoms with E-state index in [9.17, 15) is 4.79 Å². The lowest BCUT2D eigenvalue weighted by Gasteiger charge is -2.32. The predicted octanol–water partition coefficient (Wildman–Crippen LogP) is 1.48. The SMILES string of the molecule is C=C(C)CN=C(NCCc1ccco1)NC1CCN(C(N)=O)CC1. The van der Waals surface area contributed by atoms with E-state index < -0.39 is 0 Å². The van der Waals surface area contributed by atoms with Crippen LogP contribution in [0, 0.1) is 0 Å². The Bertz CT molecular complexity index is 560. The van der Waals surface area contributed by atoms with E-state index in [0.29, 0.717) is 19.6 Å². The summed E-state index contributed by atoms with van der Waals surface area (Å²) in [6.07, 6.45) is 4.18. The number of hydrogen-bond donors (Lipinski definition) is 3. The molecule has 1 aromatic heterocycles. The maximum absolute atomic E-state index is 11.2. The zero-order chi connectivity index (χ0) is 17.4. The lowest BCUT2D eigenvalue weighted by molar-refractivity contribution is 0.188. The van der Waals surface area contributed by atoms with E-state index >= 15 is 0 Å². The van der Waals surface area contributed by atoms with E-state index in [0.717, 1.165) is 43.1 Å². The molecule has 0 bridgehead atoms. The molecule has 7 heteroatoms. The standard InChI is InChI=1S/C17H27N5O2/c1-13(2)12-20-17(19-8-5-15-4-3-11-24-15)21-14-6-9-22(10-7-14)16(18)23/h3-4,11,14H,1,5-10,12H2,2H3,(H2,18,23)(H2,19,20,21). The average molecular weight is 333 g/mol. The van der Waals surface area contributed by atoms with Gasteiger partial charge in [-0.05, 0) is 31.9 Å². The van der Waals surface area contributed by atoms with Gasteiger partial charge in [0.15, 0.2) is 5.96 Å². The van der Waals surface area contributed by atoms with Gasteiger partial charge in [0.05, 0.1) is 12.8 Å². The van der Waals surface area contributed by atoms with Crippen LogP contribution >= 0.6 is 0 Å². The number of hydrogen-bond acceptors (Lipinski definition) is 3. The molecule has 0 unspecified atom stereocenters. The van der Waals surface area contributed by atoms with Gasteiger partial charge in [-0.3, -0.25) is 0 Å². The third-order valence-electron chi connectivity index (χ3n) is 3.90. The Morgan fingerprint density at radius 3 is 2.83 bits per heavy atom. The number of primary amides is 1. The highest BCUT2D eigenvalue weighted by Crippen LogP contribution is 2.09. The lowest BCUT2D eigenvalue weighted by atomic mass is 10.1. The first kappa shape index (κ1) is 17.9. The van der Waals surface area contributed by atoms with Gasteiger partial charge in [0, 0.05) is 32.1 Å². The van der Waals surface area contributed by atoms with Crippen molar-refractivity contribution in [3.8, 4) is 0 Å². The number of nitrogens with two attached hydrogens (primary N) is 1. The first-order valence-corrected chi connectivity index (χ1v) is 8.30. The normalized spacial score (nSPS) is 16.0. The van der Waals surface area contributed by atoms with Crippen molar-refractivity contribution in [2.45, 2.75) is 32.2 Å². The molecule has 0 aliphatic carbocycles. The molecular weight excluding hydrogens is 306 g/mol. The molecule has 4 N–H and O–H groups in total. The zero-order valence-electron chi connectivity index (χ0n) is 14.3. The van der Waals surface area contributed by atoms with E-state index in [1.165, 1.54) is 0 Å². The fraction of sp³-hybridized carbons (Fsp3) is 0.529. The number of piperidine rings is 1. The molecule has 0 saturated carbocycles. The van der Waals surface area contributed by atoms with Crippen LogP contribution in [0.5, 0.6) is 0 Å². The number of nitrogens with one attached hydrogen (secondary N) is 2. The van der Waals surface area contributed by atoms with Gasteiger partial charge >= 0.3 is 6.03 Å². The molecule has 0 spiro atoms. The number of carbonyl (C=O) groups is 1. The number of nitrogens with zero attached hydrogens (tertiary/aromatic N) is 2. The Morgan fingerprint density at radius 2 is 2.25 bits per heavy atom. The topological polar surface area (TPSA) is 95.9 Å². The number of carbonyl (C=O) groups excluding carboxylic acids is 1. The van der Waals surface area contributed by atoms with Crippen LogP contribution in [0.4, 0.5) is 4.79 Å². The summed E-state index contributed by atoms with van der Waals surface area (Å²) in [5.74, 6) is 1.71. The zero-order valence-corrected chi connectivity index (χ0v) is 14.3. The molecule has 1 aromatic rings. The lowest BCUT2D eigenvalue weighted by Crippen LogP contribution is -2.51. The van der Waals surface area contributed by atoms with Gasteiger partial charge in [0.1, 0.15) is 5.76 Å². The summed E-state index contributed by atoms with van der Waals surface area (Å²) in [5.41, 5.74) is 6.32. The molecule has 2 heterocycles. The second kappa shape index (κ2) is 9.00. The van der Waals surface area contributed by atoms with Crippen molar-refractivity contribution >= 4 is 12.0 Å². The van der Waals surface area contributed by atoms with E-state index in [2.05, 4.69) is 22.2 Å². The molecule has 7 nitrogen and oxygen atoms in total. The fourth-order valence-corrected chi connectivity index (χ4v) is 2.56. The second-order valence-corrected chi connectivity index (χ2v) is 6.12. The van der Waals surface area contributed by atoms with Gasteiger partial charge in [-0.15, -0.1) is 0 Å². The summed E-state index contributed by atoms with van der Waals surface area (Å²) < 4.78 is 5.33. The summed E-state index contributed by atoms with van der Waals surface area (Å²) in [4.78, 5) is 17.4. The van der Waals surface area contributed by atoms with Crippen LogP contribution in [0.1, 0.15) is 25.5 Å².